The summed E-state index contributed by atoms with van der Waals surface area (Å²) in [6.07, 6.45) is 0.0425. The summed E-state index contributed by atoms with van der Waals surface area (Å²) in [7, 11) is 1.25. The van der Waals surface area contributed by atoms with Crippen molar-refractivity contribution in [3.63, 3.8) is 0 Å². The molecule has 1 rings (SSSR count). The number of amides is 1. The Bertz CT molecular complexity index is 518. The Morgan fingerprint density at radius 2 is 2.16 bits per heavy atom. The molecule has 102 valence electrons. The minimum absolute atomic E-state index is 0.0425. The van der Waals surface area contributed by atoms with Crippen molar-refractivity contribution in [1.29, 1.82) is 0 Å². The molecule has 19 heavy (non-hydrogen) atoms. The maximum atomic E-state index is 11.7. The first-order valence-corrected chi connectivity index (χ1v) is 6.04. The molecule has 1 aromatic carbocycles. The fourth-order valence-corrected chi connectivity index (χ4v) is 1.67. The van der Waals surface area contributed by atoms with Crippen LogP contribution in [0.5, 0.6) is 0 Å². The van der Waals surface area contributed by atoms with E-state index in [4.69, 9.17) is 0 Å². The van der Waals surface area contributed by atoms with Crippen molar-refractivity contribution < 1.29 is 19.2 Å². The number of nitro benzene ring substituents is 1. The van der Waals surface area contributed by atoms with Crippen molar-refractivity contribution in [1.82, 2.24) is 5.32 Å². The molecule has 0 unspecified atom stereocenters. The number of ether oxygens (including phenoxy) is 1. The Hall–Kier alpha value is -1.96. The summed E-state index contributed by atoms with van der Waals surface area (Å²) in [6, 6.07) is 4.04. The van der Waals surface area contributed by atoms with Crippen LogP contribution in [0, 0.1) is 10.1 Å². The van der Waals surface area contributed by atoms with Gasteiger partial charge in [0.25, 0.3) is 11.6 Å². The van der Waals surface area contributed by atoms with Gasteiger partial charge in [-0.3, -0.25) is 19.7 Å². The smallest absolute Gasteiger partial charge is 0.307 e. The van der Waals surface area contributed by atoms with Gasteiger partial charge >= 0.3 is 5.97 Å². The molecule has 1 N–H and O–H groups in total. The van der Waals surface area contributed by atoms with Crippen molar-refractivity contribution in [2.45, 2.75) is 6.42 Å². The zero-order valence-corrected chi connectivity index (χ0v) is 11.6. The lowest BCUT2D eigenvalue weighted by Crippen LogP contribution is -2.26. The maximum absolute atomic E-state index is 11.7. The summed E-state index contributed by atoms with van der Waals surface area (Å²) in [5, 5.41) is 13.2. The number of nitrogens with zero attached hydrogens (tertiary/aromatic N) is 1. The van der Waals surface area contributed by atoms with E-state index in [0.717, 1.165) is 6.07 Å². The first-order chi connectivity index (χ1) is 8.95. The number of benzene rings is 1. The van der Waals surface area contributed by atoms with Gasteiger partial charge in [-0.25, -0.2) is 0 Å². The summed E-state index contributed by atoms with van der Waals surface area (Å²) in [4.78, 5) is 32.7. The van der Waals surface area contributed by atoms with Crippen molar-refractivity contribution in [2.24, 2.45) is 0 Å². The van der Waals surface area contributed by atoms with Gasteiger partial charge in [-0.05, 0) is 28.1 Å². The number of hydrogen-bond acceptors (Lipinski definition) is 5. The molecule has 0 fully saturated rings. The number of nitrogens with one attached hydrogen (secondary N) is 1. The van der Waals surface area contributed by atoms with Crippen molar-refractivity contribution in [3.05, 3.63) is 38.3 Å². The molecule has 0 saturated heterocycles. The highest BCUT2D eigenvalue weighted by Gasteiger charge is 2.15. The highest BCUT2D eigenvalue weighted by atomic mass is 79.9. The van der Waals surface area contributed by atoms with Gasteiger partial charge in [0.05, 0.1) is 22.9 Å². The van der Waals surface area contributed by atoms with E-state index in [-0.39, 0.29) is 24.2 Å². The molecule has 8 heteroatoms. The van der Waals surface area contributed by atoms with E-state index in [1.165, 1.54) is 19.2 Å². The fourth-order valence-electron chi connectivity index (χ4n) is 1.28. The van der Waals surface area contributed by atoms with Gasteiger partial charge in [0, 0.05) is 18.2 Å². The third-order valence-electron chi connectivity index (χ3n) is 2.25. The third kappa shape index (κ3) is 4.32. The minimum atomic E-state index is -0.588. The van der Waals surface area contributed by atoms with Crippen LogP contribution in [0.15, 0.2) is 22.7 Å². The summed E-state index contributed by atoms with van der Waals surface area (Å²) in [5.74, 6) is -0.929. The van der Waals surface area contributed by atoms with E-state index in [2.05, 4.69) is 26.0 Å². The molecule has 0 saturated carbocycles. The molecule has 0 heterocycles. The van der Waals surface area contributed by atoms with Gasteiger partial charge in [0.2, 0.25) is 0 Å². The topological polar surface area (TPSA) is 98.5 Å². The Balaban J connectivity index is 2.70. The van der Waals surface area contributed by atoms with Crippen LogP contribution in [0.1, 0.15) is 16.8 Å². The lowest BCUT2D eigenvalue weighted by molar-refractivity contribution is -0.385. The normalized spacial score (nSPS) is 9.79. The van der Waals surface area contributed by atoms with E-state index in [1.807, 2.05) is 0 Å². The van der Waals surface area contributed by atoms with Gasteiger partial charge in [-0.2, -0.15) is 0 Å². The summed E-state index contributed by atoms with van der Waals surface area (Å²) in [6.45, 7) is 0.107. The second-order valence-electron chi connectivity index (χ2n) is 3.51. The molecule has 0 aliphatic carbocycles. The molecule has 7 nitrogen and oxygen atoms in total. The molecule has 0 spiro atoms. The number of carbonyl (C=O) groups excluding carboxylic acids is 2. The zero-order valence-electron chi connectivity index (χ0n) is 10.0. The van der Waals surface area contributed by atoms with Gasteiger partial charge in [0.1, 0.15) is 0 Å². The Morgan fingerprint density at radius 3 is 2.74 bits per heavy atom. The summed E-state index contributed by atoms with van der Waals surface area (Å²) in [5.41, 5.74) is -0.0413. The average molecular weight is 331 g/mol. The standard InChI is InChI=1S/C11H11BrN2O5/c1-19-10(15)4-5-13-11(16)7-2-3-8(12)9(6-7)14(17)18/h2-3,6H,4-5H2,1H3,(H,13,16). The Kier molecular flexibility index (Phi) is 5.43. The molecule has 0 aliphatic rings. The minimum Gasteiger partial charge on any atom is -0.469 e. The fraction of sp³-hybridized carbons (Fsp3) is 0.273. The van der Waals surface area contributed by atoms with Crippen LogP contribution in [0.3, 0.4) is 0 Å². The predicted octanol–water partition coefficient (Wildman–Crippen LogP) is 1.65. The Morgan fingerprint density at radius 1 is 1.47 bits per heavy atom. The average Bonchev–Trinajstić information content (AvgIpc) is 2.38. The van der Waals surface area contributed by atoms with Crippen molar-refractivity contribution >= 4 is 33.5 Å². The summed E-state index contributed by atoms with van der Waals surface area (Å²) >= 11 is 3.03. The van der Waals surface area contributed by atoms with Crippen LogP contribution in [-0.2, 0) is 9.53 Å². The molecule has 0 bridgehead atoms. The highest BCUT2D eigenvalue weighted by molar-refractivity contribution is 9.10. The molecule has 1 amide bonds. The maximum Gasteiger partial charge on any atom is 0.307 e. The second-order valence-corrected chi connectivity index (χ2v) is 4.36. The number of rotatable bonds is 5. The summed E-state index contributed by atoms with van der Waals surface area (Å²) < 4.78 is 4.71. The molecular formula is C11H11BrN2O5. The van der Waals surface area contributed by atoms with E-state index in [0.29, 0.717) is 4.47 Å². The zero-order chi connectivity index (χ0) is 14.4. The number of esters is 1. The first-order valence-electron chi connectivity index (χ1n) is 5.24. The number of carbonyl (C=O) groups is 2. The number of nitro groups is 1. The number of halogens is 1. The number of methoxy groups -OCH3 is 1. The highest BCUT2D eigenvalue weighted by Crippen LogP contribution is 2.25. The van der Waals surface area contributed by atoms with E-state index in [9.17, 15) is 19.7 Å². The molecule has 0 atom stereocenters. The number of hydrogen-bond donors (Lipinski definition) is 1. The lowest BCUT2D eigenvalue weighted by Gasteiger charge is -2.05. The molecule has 0 aliphatic heterocycles. The monoisotopic (exact) mass is 330 g/mol. The predicted molar refractivity (Wildman–Crippen MR) is 69.8 cm³/mol. The van der Waals surface area contributed by atoms with Gasteiger partial charge in [-0.1, -0.05) is 0 Å². The Labute approximate surface area is 117 Å². The van der Waals surface area contributed by atoms with E-state index in [1.54, 1.807) is 0 Å². The van der Waals surface area contributed by atoms with Gasteiger partial charge < -0.3 is 10.1 Å². The van der Waals surface area contributed by atoms with Crippen LogP contribution >= 0.6 is 15.9 Å². The molecule has 1 aromatic rings. The quantitative estimate of drug-likeness (QED) is 0.502. The third-order valence-corrected chi connectivity index (χ3v) is 2.92. The molecule has 0 radical (unpaired) electrons. The molecule has 0 aromatic heterocycles. The first kappa shape index (κ1) is 15.1. The van der Waals surface area contributed by atoms with Gasteiger partial charge in [-0.15, -0.1) is 0 Å². The molecular weight excluding hydrogens is 320 g/mol. The van der Waals surface area contributed by atoms with Crippen molar-refractivity contribution in [3.8, 4) is 0 Å². The van der Waals surface area contributed by atoms with Gasteiger partial charge in [0.15, 0.2) is 0 Å². The lowest BCUT2D eigenvalue weighted by atomic mass is 10.2. The van der Waals surface area contributed by atoms with Crippen LogP contribution in [-0.4, -0.2) is 30.5 Å². The van der Waals surface area contributed by atoms with Crippen LogP contribution in [0.4, 0.5) is 5.69 Å². The van der Waals surface area contributed by atoms with E-state index >= 15 is 0 Å². The van der Waals surface area contributed by atoms with Crippen molar-refractivity contribution in [2.75, 3.05) is 13.7 Å². The van der Waals surface area contributed by atoms with Crippen LogP contribution < -0.4 is 5.32 Å². The van der Waals surface area contributed by atoms with E-state index < -0.39 is 16.8 Å². The largest absolute Gasteiger partial charge is 0.469 e. The SMILES string of the molecule is COC(=O)CCNC(=O)c1ccc(Br)c([N+](=O)[O-])c1. The van der Waals surface area contributed by atoms with Crippen LogP contribution in [0.25, 0.3) is 0 Å². The second kappa shape index (κ2) is 6.83. The van der Waals surface area contributed by atoms with Crippen LogP contribution in [0.2, 0.25) is 0 Å².